The number of para-hydroxylation sites is 8. The minimum atomic E-state index is 0.520. The molecule has 0 saturated carbocycles. The van der Waals surface area contributed by atoms with Crippen LogP contribution in [0.15, 0.2) is 328 Å². The molecule has 0 aliphatic carbocycles. The summed E-state index contributed by atoms with van der Waals surface area (Å²) in [4.78, 5) is 23.8. The highest BCUT2D eigenvalue weighted by Crippen LogP contribution is 2.55. The molecule has 0 N–H and O–H groups in total. The van der Waals surface area contributed by atoms with Gasteiger partial charge in [-0.05, 0) is 60.7 Å². The van der Waals surface area contributed by atoms with Crippen LogP contribution in [0.4, 0.5) is 0 Å². The van der Waals surface area contributed by atoms with Crippen LogP contribution >= 0.6 is 0 Å². The molecule has 8 heteroatoms. The molecule has 0 aliphatic heterocycles. The van der Waals surface area contributed by atoms with E-state index in [9.17, 15) is 0 Å². The van der Waals surface area contributed by atoms with Gasteiger partial charge in [-0.25, -0.2) is 19.9 Å². The second kappa shape index (κ2) is 21.4. The lowest BCUT2D eigenvalue weighted by atomic mass is 9.93. The molecule has 438 valence electrons. The summed E-state index contributed by atoms with van der Waals surface area (Å²) in [6.07, 6.45) is 0. The zero-order valence-electron chi connectivity index (χ0n) is 50.8. The number of aromatic nitrogens is 8. The molecule has 0 radical (unpaired) electrons. The van der Waals surface area contributed by atoms with E-state index in [1.165, 1.54) is 0 Å². The summed E-state index contributed by atoms with van der Waals surface area (Å²) in [6, 6.07) is 117. The van der Waals surface area contributed by atoms with Gasteiger partial charge >= 0.3 is 0 Å². The van der Waals surface area contributed by atoms with Gasteiger partial charge in [0, 0.05) is 65.3 Å². The number of fused-ring (bicyclic) bond motifs is 12. The predicted octanol–water partition coefficient (Wildman–Crippen LogP) is 21.7. The Hall–Kier alpha value is -12.8. The van der Waals surface area contributed by atoms with Crippen molar-refractivity contribution in [2.45, 2.75) is 0 Å². The van der Waals surface area contributed by atoms with Crippen molar-refractivity contribution < 1.29 is 0 Å². The first-order chi connectivity index (χ1) is 46.7. The van der Waals surface area contributed by atoms with Crippen LogP contribution in [0.5, 0.6) is 0 Å². The zero-order chi connectivity index (χ0) is 61.8. The summed E-state index contributed by atoms with van der Waals surface area (Å²) in [5.74, 6) is 1.10. The third kappa shape index (κ3) is 8.19. The number of hydrogen-bond donors (Lipinski definition) is 0. The van der Waals surface area contributed by atoms with Crippen LogP contribution in [0.2, 0.25) is 0 Å². The summed E-state index contributed by atoms with van der Waals surface area (Å²) in [7, 11) is 0. The average molecular weight is 1200 g/mol. The van der Waals surface area contributed by atoms with Gasteiger partial charge < -0.3 is 18.3 Å². The topological polar surface area (TPSA) is 71.3 Å². The largest absolute Gasteiger partial charge is 0.308 e. The van der Waals surface area contributed by atoms with Crippen LogP contribution in [0, 0.1) is 0 Å². The molecule has 6 heterocycles. The molecule has 94 heavy (non-hydrogen) atoms. The van der Waals surface area contributed by atoms with Crippen molar-refractivity contribution in [3.05, 3.63) is 328 Å². The Morgan fingerprint density at radius 2 is 0.394 bits per heavy atom. The minimum Gasteiger partial charge on any atom is -0.308 e. The summed E-state index contributed by atoms with van der Waals surface area (Å²) >= 11 is 0. The van der Waals surface area contributed by atoms with Crippen molar-refractivity contribution in [3.8, 4) is 90.6 Å². The summed E-state index contributed by atoms with van der Waals surface area (Å²) in [6.45, 7) is 0. The molecule has 6 aromatic heterocycles. The molecule has 0 aliphatic rings. The van der Waals surface area contributed by atoms with E-state index in [0.29, 0.717) is 17.3 Å². The Kier molecular flexibility index (Phi) is 12.1. The van der Waals surface area contributed by atoms with Crippen LogP contribution in [-0.2, 0) is 0 Å². The summed E-state index contributed by atoms with van der Waals surface area (Å²) in [5.41, 5.74) is 20.0. The third-order valence-electron chi connectivity index (χ3n) is 18.8. The van der Waals surface area contributed by atoms with Gasteiger partial charge in [-0.2, -0.15) is 0 Å². The van der Waals surface area contributed by atoms with Gasteiger partial charge in [0.05, 0.1) is 101 Å². The van der Waals surface area contributed by atoms with Crippen molar-refractivity contribution >= 4 is 87.2 Å². The van der Waals surface area contributed by atoms with Gasteiger partial charge in [0.25, 0.3) is 0 Å². The molecule has 0 amide bonds. The number of rotatable bonds is 10. The van der Waals surface area contributed by atoms with Gasteiger partial charge in [0.2, 0.25) is 0 Å². The van der Waals surface area contributed by atoms with E-state index < -0.39 is 0 Å². The molecule has 0 atom stereocenters. The second-order valence-corrected chi connectivity index (χ2v) is 24.0. The standard InChI is InChI=1S/C86H54N8/c1-5-29-55(30-6-1)67-53-68(56-31-7-2-8-32-56)89-86(88-67)80-81(91-71-45-21-13-37-59(71)60-38-14-22-46-72(60)91)79(70-54-69(57-33-9-3-10-34-57)87-85(90-70)58-35-11-4-12-36-58)82(92-73-47-23-15-39-61(73)62-40-16-24-48-74(62)92)84(94-77-51-27-19-43-65(77)66-44-20-28-52-78(66)94)83(80)93-75-49-25-17-41-63(75)64-42-18-26-50-76(64)93/h1-54H. The molecule has 19 aromatic rings. The predicted molar refractivity (Wildman–Crippen MR) is 388 cm³/mol. The van der Waals surface area contributed by atoms with Gasteiger partial charge in [-0.15, -0.1) is 0 Å². The maximum atomic E-state index is 6.08. The highest BCUT2D eigenvalue weighted by molar-refractivity contribution is 6.18. The normalized spacial score (nSPS) is 11.8. The Morgan fingerprint density at radius 3 is 0.713 bits per heavy atom. The lowest BCUT2D eigenvalue weighted by molar-refractivity contribution is 1.03. The summed E-state index contributed by atoms with van der Waals surface area (Å²) < 4.78 is 10.1. The highest BCUT2D eigenvalue weighted by Gasteiger charge is 2.37. The van der Waals surface area contributed by atoms with E-state index in [1.807, 2.05) is 0 Å². The molecule has 0 bridgehead atoms. The minimum absolute atomic E-state index is 0.520. The van der Waals surface area contributed by atoms with Gasteiger partial charge in [-0.3, -0.25) is 0 Å². The molecule has 0 unspecified atom stereocenters. The SMILES string of the molecule is c1ccc(-c2cc(-c3c(-n4c5ccccc5c5ccccc54)c(-c4nc(-c5ccccc5)cc(-c5ccccc5)n4)c(-n4c5ccccc5c5ccccc54)c(-n4c5ccccc5c5ccccc54)c3-n3c4ccccc4c4ccccc43)nc(-c3ccccc3)n2)cc1. The molecular formula is C86H54N8. The lowest BCUT2D eigenvalue weighted by Crippen LogP contribution is -2.17. The van der Waals surface area contributed by atoms with Crippen LogP contribution in [0.25, 0.3) is 178 Å². The maximum Gasteiger partial charge on any atom is 0.164 e. The van der Waals surface area contributed by atoms with E-state index in [0.717, 1.165) is 160 Å². The average Bonchev–Trinajstić information content (AvgIpc) is 1.40. The van der Waals surface area contributed by atoms with E-state index in [2.05, 4.69) is 346 Å². The summed E-state index contributed by atoms with van der Waals surface area (Å²) in [5, 5.41) is 8.87. The highest BCUT2D eigenvalue weighted by atomic mass is 15.1. The van der Waals surface area contributed by atoms with Crippen LogP contribution in [-0.4, -0.2) is 38.2 Å². The fraction of sp³-hybridized carbons (Fsp3) is 0. The Labute approximate surface area is 540 Å². The van der Waals surface area contributed by atoms with Crippen molar-refractivity contribution in [1.82, 2.24) is 38.2 Å². The number of nitrogens with zero attached hydrogens (tertiary/aromatic N) is 8. The third-order valence-corrected chi connectivity index (χ3v) is 18.8. The number of hydrogen-bond acceptors (Lipinski definition) is 4. The van der Waals surface area contributed by atoms with Crippen LogP contribution < -0.4 is 0 Å². The van der Waals surface area contributed by atoms with E-state index in [-0.39, 0.29) is 0 Å². The zero-order valence-corrected chi connectivity index (χ0v) is 50.8. The van der Waals surface area contributed by atoms with Crippen LogP contribution in [0.1, 0.15) is 0 Å². The Morgan fingerprint density at radius 1 is 0.170 bits per heavy atom. The molecule has 8 nitrogen and oxygen atoms in total. The van der Waals surface area contributed by atoms with Crippen LogP contribution in [0.3, 0.4) is 0 Å². The Balaban J connectivity index is 1.19. The first-order valence-electron chi connectivity index (χ1n) is 31.9. The van der Waals surface area contributed by atoms with Gasteiger partial charge in [-0.1, -0.05) is 267 Å². The van der Waals surface area contributed by atoms with Crippen molar-refractivity contribution in [3.63, 3.8) is 0 Å². The van der Waals surface area contributed by atoms with E-state index in [4.69, 9.17) is 19.9 Å². The smallest absolute Gasteiger partial charge is 0.164 e. The van der Waals surface area contributed by atoms with E-state index >= 15 is 0 Å². The maximum absolute atomic E-state index is 6.08. The van der Waals surface area contributed by atoms with Crippen molar-refractivity contribution in [2.75, 3.05) is 0 Å². The number of benzene rings is 13. The Bertz CT molecular complexity index is 5620. The fourth-order valence-corrected chi connectivity index (χ4v) is 14.8. The van der Waals surface area contributed by atoms with E-state index in [1.54, 1.807) is 0 Å². The first kappa shape index (κ1) is 53.1. The molecular weight excluding hydrogens is 1150 g/mol. The van der Waals surface area contributed by atoms with Crippen molar-refractivity contribution in [1.29, 1.82) is 0 Å². The van der Waals surface area contributed by atoms with Gasteiger partial charge in [0.1, 0.15) is 0 Å². The lowest BCUT2D eigenvalue weighted by Gasteiger charge is -2.31. The fourth-order valence-electron chi connectivity index (χ4n) is 14.8. The first-order valence-corrected chi connectivity index (χ1v) is 31.9. The second-order valence-electron chi connectivity index (χ2n) is 24.0. The molecule has 0 fully saturated rings. The molecule has 19 rings (SSSR count). The molecule has 13 aromatic carbocycles. The molecule has 0 saturated heterocycles. The monoisotopic (exact) mass is 1200 g/mol. The van der Waals surface area contributed by atoms with Gasteiger partial charge in [0.15, 0.2) is 11.6 Å². The quantitative estimate of drug-likeness (QED) is 0.137. The molecule has 0 spiro atoms. The van der Waals surface area contributed by atoms with Crippen molar-refractivity contribution in [2.24, 2.45) is 0 Å².